The number of carbonyl (C=O) groups excluding carboxylic acids is 2. The Bertz CT molecular complexity index is 877. The van der Waals surface area contributed by atoms with Gasteiger partial charge in [-0.3, -0.25) is 9.59 Å². The molecule has 0 atom stereocenters. The van der Waals surface area contributed by atoms with E-state index in [2.05, 4.69) is 26.1 Å². The number of nitriles is 1. The van der Waals surface area contributed by atoms with Crippen molar-refractivity contribution in [2.24, 2.45) is 0 Å². The van der Waals surface area contributed by atoms with E-state index in [4.69, 9.17) is 14.7 Å². The van der Waals surface area contributed by atoms with Gasteiger partial charge in [-0.1, -0.05) is 45.0 Å². The predicted molar refractivity (Wildman–Crippen MR) is 111 cm³/mol. The van der Waals surface area contributed by atoms with E-state index < -0.39 is 18.5 Å². The smallest absolute Gasteiger partial charge is 0.306 e. The van der Waals surface area contributed by atoms with Crippen LogP contribution < -0.4 is 10.1 Å². The Hall–Kier alpha value is -3.33. The van der Waals surface area contributed by atoms with Gasteiger partial charge in [0.1, 0.15) is 11.8 Å². The van der Waals surface area contributed by atoms with Crippen LogP contribution >= 0.6 is 0 Å². The van der Waals surface area contributed by atoms with E-state index in [1.807, 2.05) is 30.3 Å². The molecule has 2 rings (SSSR count). The first-order valence-corrected chi connectivity index (χ1v) is 9.47. The summed E-state index contributed by atoms with van der Waals surface area (Å²) >= 11 is 0. The molecule has 2 aromatic rings. The zero-order chi connectivity index (χ0) is 21.3. The molecular weight excluding hydrogens is 368 g/mol. The van der Waals surface area contributed by atoms with Gasteiger partial charge in [0.05, 0.1) is 17.9 Å². The minimum atomic E-state index is -0.490. The van der Waals surface area contributed by atoms with Crippen molar-refractivity contribution in [3.63, 3.8) is 0 Å². The maximum Gasteiger partial charge on any atom is 0.306 e. The second-order valence-corrected chi connectivity index (χ2v) is 7.59. The fraction of sp³-hybridized carbons (Fsp3) is 0.348. The number of hydrogen-bond acceptors (Lipinski definition) is 5. The number of para-hydroxylation sites is 1. The predicted octanol–water partition coefficient (Wildman–Crippen LogP) is 4.20. The first-order valence-electron chi connectivity index (χ1n) is 9.47. The van der Waals surface area contributed by atoms with Crippen molar-refractivity contribution in [2.45, 2.75) is 39.0 Å². The number of esters is 1. The molecule has 0 aliphatic carbocycles. The number of nitrogens with zero attached hydrogens (tertiary/aromatic N) is 1. The third-order valence-corrected chi connectivity index (χ3v) is 4.20. The first-order chi connectivity index (χ1) is 13.8. The molecule has 0 unspecified atom stereocenters. The molecule has 1 amide bonds. The maximum absolute atomic E-state index is 11.9. The van der Waals surface area contributed by atoms with E-state index in [9.17, 15) is 9.59 Å². The SMILES string of the molecule is CC(C)(C)c1ccc(OCCCC(=O)OCC(=O)Nc2ccccc2C#N)cc1. The lowest BCUT2D eigenvalue weighted by molar-refractivity contribution is -0.147. The molecule has 0 heterocycles. The number of rotatable bonds is 8. The quantitative estimate of drug-likeness (QED) is 0.535. The standard InChI is InChI=1S/C23H26N2O4/c1-23(2,3)18-10-12-19(13-11-18)28-14-6-9-22(27)29-16-21(26)25-20-8-5-4-7-17(20)15-24/h4-5,7-8,10-13H,6,9,14,16H2,1-3H3,(H,25,26). The summed E-state index contributed by atoms with van der Waals surface area (Å²) in [5.74, 6) is -0.210. The molecule has 2 aromatic carbocycles. The van der Waals surface area contributed by atoms with Gasteiger partial charge in [-0.25, -0.2) is 0 Å². The van der Waals surface area contributed by atoms with E-state index >= 15 is 0 Å². The highest BCUT2D eigenvalue weighted by molar-refractivity contribution is 5.93. The summed E-state index contributed by atoms with van der Waals surface area (Å²) in [7, 11) is 0. The summed E-state index contributed by atoms with van der Waals surface area (Å²) < 4.78 is 10.6. The average Bonchev–Trinajstić information content (AvgIpc) is 2.70. The van der Waals surface area contributed by atoms with Crippen LogP contribution in [0.3, 0.4) is 0 Å². The number of amides is 1. The first kappa shape index (κ1) is 22.0. The van der Waals surface area contributed by atoms with Crippen molar-refractivity contribution in [1.29, 1.82) is 5.26 Å². The molecule has 0 saturated carbocycles. The molecule has 0 spiro atoms. The van der Waals surface area contributed by atoms with Crippen molar-refractivity contribution in [1.82, 2.24) is 0 Å². The fourth-order valence-corrected chi connectivity index (χ4v) is 2.55. The van der Waals surface area contributed by atoms with Gasteiger partial charge in [0.15, 0.2) is 6.61 Å². The zero-order valence-electron chi connectivity index (χ0n) is 17.0. The van der Waals surface area contributed by atoms with Gasteiger partial charge in [0.25, 0.3) is 5.91 Å². The van der Waals surface area contributed by atoms with Crippen LogP contribution in [0.25, 0.3) is 0 Å². The molecule has 0 radical (unpaired) electrons. The van der Waals surface area contributed by atoms with Crippen molar-refractivity contribution in [2.75, 3.05) is 18.5 Å². The highest BCUT2D eigenvalue weighted by atomic mass is 16.5. The van der Waals surface area contributed by atoms with Gasteiger partial charge < -0.3 is 14.8 Å². The number of hydrogen-bond donors (Lipinski definition) is 1. The second-order valence-electron chi connectivity index (χ2n) is 7.59. The van der Waals surface area contributed by atoms with Crippen LogP contribution in [0.1, 0.15) is 44.7 Å². The van der Waals surface area contributed by atoms with E-state index in [0.29, 0.717) is 24.3 Å². The van der Waals surface area contributed by atoms with Crippen molar-refractivity contribution in [3.8, 4) is 11.8 Å². The largest absolute Gasteiger partial charge is 0.494 e. The molecule has 0 bridgehead atoms. The lowest BCUT2D eigenvalue weighted by Gasteiger charge is -2.19. The van der Waals surface area contributed by atoms with Crippen LogP contribution in [0.5, 0.6) is 5.75 Å². The lowest BCUT2D eigenvalue weighted by Crippen LogP contribution is -2.21. The Balaban J connectivity index is 1.66. The lowest BCUT2D eigenvalue weighted by atomic mass is 9.87. The Kier molecular flexibility index (Phi) is 7.79. The molecule has 152 valence electrons. The van der Waals surface area contributed by atoms with Crippen LogP contribution in [0.4, 0.5) is 5.69 Å². The van der Waals surface area contributed by atoms with E-state index in [0.717, 1.165) is 5.75 Å². The van der Waals surface area contributed by atoms with Crippen LogP contribution in [0.15, 0.2) is 48.5 Å². The van der Waals surface area contributed by atoms with Gasteiger partial charge >= 0.3 is 5.97 Å². The van der Waals surface area contributed by atoms with Gasteiger partial charge in [-0.15, -0.1) is 0 Å². The molecule has 0 fully saturated rings. The van der Waals surface area contributed by atoms with E-state index in [-0.39, 0.29) is 11.8 Å². The van der Waals surface area contributed by atoms with Crippen molar-refractivity contribution >= 4 is 17.6 Å². The third-order valence-electron chi connectivity index (χ3n) is 4.20. The molecule has 6 nitrogen and oxygen atoms in total. The summed E-state index contributed by atoms with van der Waals surface area (Å²) in [6.45, 7) is 6.44. The number of benzene rings is 2. The summed E-state index contributed by atoms with van der Waals surface area (Å²) in [4.78, 5) is 23.7. The van der Waals surface area contributed by atoms with Crippen LogP contribution in [-0.2, 0) is 19.7 Å². The molecule has 0 aromatic heterocycles. The van der Waals surface area contributed by atoms with Crippen molar-refractivity contribution in [3.05, 3.63) is 59.7 Å². The molecule has 0 saturated heterocycles. The maximum atomic E-state index is 11.9. The Morgan fingerprint density at radius 3 is 2.41 bits per heavy atom. The van der Waals surface area contributed by atoms with E-state index in [1.54, 1.807) is 24.3 Å². The molecule has 0 aliphatic heterocycles. The van der Waals surface area contributed by atoms with Gasteiger partial charge in [-0.05, 0) is 41.7 Å². The third kappa shape index (κ3) is 7.30. The fourth-order valence-electron chi connectivity index (χ4n) is 2.55. The highest BCUT2D eigenvalue weighted by Crippen LogP contribution is 2.24. The van der Waals surface area contributed by atoms with Gasteiger partial charge in [0.2, 0.25) is 0 Å². The molecule has 29 heavy (non-hydrogen) atoms. The highest BCUT2D eigenvalue weighted by Gasteiger charge is 2.13. The van der Waals surface area contributed by atoms with Gasteiger partial charge in [-0.2, -0.15) is 5.26 Å². The second kappa shape index (κ2) is 10.3. The molecule has 0 aliphatic rings. The summed E-state index contributed by atoms with van der Waals surface area (Å²) in [6.07, 6.45) is 0.640. The molecular formula is C23H26N2O4. The molecule has 1 N–H and O–H groups in total. The van der Waals surface area contributed by atoms with Crippen LogP contribution in [0, 0.1) is 11.3 Å². The van der Waals surface area contributed by atoms with Crippen molar-refractivity contribution < 1.29 is 19.1 Å². The number of anilines is 1. The Morgan fingerprint density at radius 1 is 1.07 bits per heavy atom. The van der Waals surface area contributed by atoms with E-state index in [1.165, 1.54) is 5.56 Å². The monoisotopic (exact) mass is 394 g/mol. The number of ether oxygens (including phenoxy) is 2. The number of carbonyl (C=O) groups is 2. The Labute approximate surface area is 171 Å². The summed E-state index contributed by atoms with van der Waals surface area (Å²) in [6, 6.07) is 16.5. The minimum absolute atomic E-state index is 0.0886. The zero-order valence-corrected chi connectivity index (χ0v) is 17.0. The minimum Gasteiger partial charge on any atom is -0.494 e. The topological polar surface area (TPSA) is 88.4 Å². The Morgan fingerprint density at radius 2 is 1.76 bits per heavy atom. The normalized spacial score (nSPS) is 10.7. The van der Waals surface area contributed by atoms with Gasteiger partial charge in [0, 0.05) is 6.42 Å². The van der Waals surface area contributed by atoms with Crippen LogP contribution in [-0.4, -0.2) is 25.1 Å². The average molecular weight is 394 g/mol. The number of nitrogens with one attached hydrogen (secondary N) is 1. The summed E-state index contributed by atoms with van der Waals surface area (Å²) in [5.41, 5.74) is 2.05. The van der Waals surface area contributed by atoms with Crippen LogP contribution in [0.2, 0.25) is 0 Å². The molecule has 6 heteroatoms. The summed E-state index contributed by atoms with van der Waals surface area (Å²) in [5, 5.41) is 11.6.